The van der Waals surface area contributed by atoms with Crippen LogP contribution < -0.4 is 10.5 Å². The zero-order chi connectivity index (χ0) is 20.4. The maximum absolute atomic E-state index is 13.1. The van der Waals surface area contributed by atoms with Crippen molar-refractivity contribution >= 4 is 11.8 Å². The Hall–Kier alpha value is -2.08. The van der Waals surface area contributed by atoms with E-state index in [-0.39, 0.29) is 23.8 Å². The third-order valence-electron chi connectivity index (χ3n) is 7.06. The summed E-state index contributed by atoms with van der Waals surface area (Å²) in [5.41, 5.74) is 6.99. The number of carbonyl (C=O) groups is 2. The minimum absolute atomic E-state index is 0.0145. The molecule has 158 valence electrons. The summed E-state index contributed by atoms with van der Waals surface area (Å²) in [4.78, 5) is 29.9. The fourth-order valence-electron chi connectivity index (χ4n) is 5.47. The predicted octanol–water partition coefficient (Wildman–Crippen LogP) is 2.52. The molecule has 3 fully saturated rings. The average Bonchev–Trinajstić information content (AvgIpc) is 2.73. The molecule has 1 saturated heterocycles. The van der Waals surface area contributed by atoms with Gasteiger partial charge in [0.25, 0.3) is 5.91 Å². The van der Waals surface area contributed by atoms with Crippen LogP contribution in [0.2, 0.25) is 0 Å². The van der Waals surface area contributed by atoms with E-state index < -0.39 is 0 Å². The fourth-order valence-corrected chi connectivity index (χ4v) is 5.47. The fraction of sp³-hybridized carbons (Fsp3) is 0.652. The number of para-hydroxylation sites is 1. The third-order valence-corrected chi connectivity index (χ3v) is 7.06. The second kappa shape index (κ2) is 8.74. The Morgan fingerprint density at radius 3 is 2.31 bits per heavy atom. The van der Waals surface area contributed by atoms with Crippen LogP contribution in [0.25, 0.3) is 0 Å². The van der Waals surface area contributed by atoms with E-state index in [0.717, 1.165) is 12.8 Å². The number of benzene rings is 1. The van der Waals surface area contributed by atoms with E-state index in [1.54, 1.807) is 0 Å². The molecule has 2 unspecified atom stereocenters. The molecule has 1 aliphatic heterocycles. The number of carbonyl (C=O) groups excluding carboxylic acids is 2. The molecule has 0 aromatic heterocycles. The van der Waals surface area contributed by atoms with E-state index in [9.17, 15) is 9.59 Å². The molecule has 1 aromatic carbocycles. The lowest BCUT2D eigenvalue weighted by atomic mass is 9.65. The Kier molecular flexibility index (Phi) is 6.09. The van der Waals surface area contributed by atoms with Crippen LogP contribution >= 0.6 is 0 Å². The van der Waals surface area contributed by atoms with Crippen LogP contribution in [0, 0.1) is 17.8 Å². The molecule has 6 nitrogen and oxygen atoms in total. The van der Waals surface area contributed by atoms with E-state index in [4.69, 9.17) is 10.5 Å². The Balaban J connectivity index is 1.35. The number of hydrogen-bond acceptors (Lipinski definition) is 4. The van der Waals surface area contributed by atoms with E-state index in [1.165, 1.54) is 19.3 Å². The smallest absolute Gasteiger partial charge is 0.257 e. The summed E-state index contributed by atoms with van der Waals surface area (Å²) in [5.74, 6) is 2.02. The van der Waals surface area contributed by atoms with Gasteiger partial charge in [0.2, 0.25) is 5.91 Å². The molecule has 1 heterocycles. The molecule has 2 saturated carbocycles. The largest absolute Gasteiger partial charge is 0.493 e. The van der Waals surface area contributed by atoms with E-state index >= 15 is 0 Å². The molecule has 6 heteroatoms. The predicted molar refractivity (Wildman–Crippen MR) is 112 cm³/mol. The van der Waals surface area contributed by atoms with Crippen molar-refractivity contribution in [3.8, 4) is 5.75 Å². The molecule has 0 radical (unpaired) electrons. The summed E-state index contributed by atoms with van der Waals surface area (Å²) < 4.78 is 5.61. The summed E-state index contributed by atoms with van der Waals surface area (Å²) in [6, 6.07) is 7.67. The van der Waals surface area contributed by atoms with Gasteiger partial charge in [-0.15, -0.1) is 0 Å². The van der Waals surface area contributed by atoms with Crippen molar-refractivity contribution in [1.82, 2.24) is 9.80 Å². The molecule has 2 amide bonds. The van der Waals surface area contributed by atoms with Gasteiger partial charge in [-0.25, -0.2) is 0 Å². The van der Waals surface area contributed by atoms with Crippen LogP contribution in [0.4, 0.5) is 0 Å². The highest BCUT2D eigenvalue weighted by Gasteiger charge is 2.42. The number of ether oxygens (including phenoxy) is 1. The Morgan fingerprint density at radius 1 is 1.03 bits per heavy atom. The summed E-state index contributed by atoms with van der Waals surface area (Å²) >= 11 is 0. The third kappa shape index (κ3) is 4.13. The van der Waals surface area contributed by atoms with Gasteiger partial charge in [-0.3, -0.25) is 9.59 Å². The lowest BCUT2D eigenvalue weighted by molar-refractivity contribution is -0.140. The van der Waals surface area contributed by atoms with Crippen molar-refractivity contribution in [1.29, 1.82) is 0 Å². The molecule has 2 N–H and O–H groups in total. The van der Waals surface area contributed by atoms with Crippen LogP contribution in [-0.2, 0) is 4.79 Å². The quantitative estimate of drug-likeness (QED) is 0.844. The van der Waals surface area contributed by atoms with Gasteiger partial charge in [0.05, 0.1) is 12.2 Å². The molecular weight excluding hydrogens is 366 g/mol. The van der Waals surface area contributed by atoms with Crippen molar-refractivity contribution in [2.75, 3.05) is 32.8 Å². The molecular formula is C23H33N3O3. The average molecular weight is 400 g/mol. The van der Waals surface area contributed by atoms with Crippen LogP contribution in [0.5, 0.6) is 5.75 Å². The topological polar surface area (TPSA) is 75.9 Å². The monoisotopic (exact) mass is 399 g/mol. The van der Waals surface area contributed by atoms with Crippen molar-refractivity contribution in [3.05, 3.63) is 29.8 Å². The molecule has 2 atom stereocenters. The Bertz CT molecular complexity index is 731. The summed E-state index contributed by atoms with van der Waals surface area (Å²) in [7, 11) is 0. The molecule has 0 spiro atoms. The van der Waals surface area contributed by atoms with Crippen molar-refractivity contribution < 1.29 is 14.3 Å². The zero-order valence-corrected chi connectivity index (χ0v) is 17.4. The van der Waals surface area contributed by atoms with Gasteiger partial charge in [0, 0.05) is 38.1 Å². The highest BCUT2D eigenvalue weighted by Crippen LogP contribution is 2.42. The van der Waals surface area contributed by atoms with Gasteiger partial charge in [0.1, 0.15) is 5.75 Å². The van der Waals surface area contributed by atoms with E-state index in [0.29, 0.717) is 55.9 Å². The van der Waals surface area contributed by atoms with Gasteiger partial charge >= 0.3 is 0 Å². The number of nitrogens with zero attached hydrogens (tertiary/aromatic N) is 2. The summed E-state index contributed by atoms with van der Waals surface area (Å²) in [6.45, 7) is 4.81. The summed E-state index contributed by atoms with van der Waals surface area (Å²) in [5, 5.41) is 0. The first-order valence-corrected chi connectivity index (χ1v) is 11.1. The molecule has 2 bridgehead atoms. The Morgan fingerprint density at radius 2 is 1.66 bits per heavy atom. The van der Waals surface area contributed by atoms with Crippen molar-refractivity contribution in [3.63, 3.8) is 0 Å². The highest BCUT2D eigenvalue weighted by atomic mass is 16.5. The van der Waals surface area contributed by atoms with Crippen LogP contribution in [0.3, 0.4) is 0 Å². The normalized spacial score (nSPS) is 29.4. The Labute approximate surface area is 173 Å². The standard InChI is InChI=1S/C23H33N3O3/c1-2-29-20-9-4-3-8-19(20)23(28)26-12-10-25(11-13-26)22(27)18-14-16-6-5-7-17(15-18)21(16)24/h3-4,8-9,16-18,21H,2,5-7,10-15,24H2,1H3. The molecule has 29 heavy (non-hydrogen) atoms. The van der Waals surface area contributed by atoms with Crippen LogP contribution in [0.15, 0.2) is 24.3 Å². The van der Waals surface area contributed by atoms with Crippen molar-refractivity contribution in [2.45, 2.75) is 45.1 Å². The first-order chi connectivity index (χ1) is 14.1. The van der Waals surface area contributed by atoms with Gasteiger partial charge in [-0.2, -0.15) is 0 Å². The maximum atomic E-state index is 13.1. The van der Waals surface area contributed by atoms with Gasteiger partial charge < -0.3 is 20.3 Å². The van der Waals surface area contributed by atoms with Crippen LogP contribution in [-0.4, -0.2) is 60.4 Å². The second-order valence-corrected chi connectivity index (χ2v) is 8.74. The van der Waals surface area contributed by atoms with Gasteiger partial charge in [0.15, 0.2) is 0 Å². The maximum Gasteiger partial charge on any atom is 0.257 e. The molecule has 1 aromatic rings. The number of piperazine rings is 1. The zero-order valence-electron chi connectivity index (χ0n) is 17.4. The summed E-state index contributed by atoms with van der Waals surface area (Å²) in [6.07, 6.45) is 5.48. The molecule has 4 rings (SSSR count). The first-order valence-electron chi connectivity index (χ1n) is 11.1. The second-order valence-electron chi connectivity index (χ2n) is 8.74. The number of hydrogen-bond donors (Lipinski definition) is 1. The minimum Gasteiger partial charge on any atom is -0.493 e. The SMILES string of the molecule is CCOc1ccccc1C(=O)N1CCN(C(=O)C2CC3CCCC(C2)C3N)CC1. The lowest BCUT2D eigenvalue weighted by Gasteiger charge is -2.45. The van der Waals surface area contributed by atoms with E-state index in [2.05, 4.69) is 0 Å². The number of amides is 2. The van der Waals surface area contributed by atoms with Gasteiger partial charge in [-0.05, 0) is 56.6 Å². The lowest BCUT2D eigenvalue weighted by Crippen LogP contribution is -2.54. The number of fused-ring (bicyclic) bond motifs is 2. The molecule has 2 aliphatic carbocycles. The van der Waals surface area contributed by atoms with E-state index in [1.807, 2.05) is 41.0 Å². The van der Waals surface area contributed by atoms with Crippen LogP contribution in [0.1, 0.15) is 49.4 Å². The number of nitrogens with two attached hydrogens (primary N) is 1. The highest BCUT2D eigenvalue weighted by molar-refractivity contribution is 5.97. The first kappa shape index (κ1) is 20.2. The molecule has 3 aliphatic rings. The van der Waals surface area contributed by atoms with Crippen molar-refractivity contribution in [2.24, 2.45) is 23.5 Å². The number of rotatable bonds is 4. The van der Waals surface area contributed by atoms with Gasteiger partial charge in [-0.1, -0.05) is 18.6 Å². The minimum atomic E-state index is -0.0145.